The van der Waals surface area contributed by atoms with E-state index in [1.54, 1.807) is 12.1 Å². The number of nitrogen functional groups attached to an aromatic ring is 1. The number of aliphatic hydroxyl groups excluding tert-OH is 1. The zero-order valence-corrected chi connectivity index (χ0v) is 6.50. The van der Waals surface area contributed by atoms with Crippen molar-refractivity contribution in [3.05, 3.63) is 35.7 Å². The predicted octanol–water partition coefficient (Wildman–Crippen LogP) is 1.41. The molecular formula is C9H10FNO. The molecule has 0 aliphatic heterocycles. The molecule has 0 amide bonds. The molecule has 0 fully saturated rings. The van der Waals surface area contributed by atoms with Crippen LogP contribution in [0.1, 0.15) is 5.56 Å². The van der Waals surface area contributed by atoms with Gasteiger partial charge in [-0.2, -0.15) is 0 Å². The number of hydrogen-bond donors (Lipinski definition) is 2. The van der Waals surface area contributed by atoms with Crippen LogP contribution in [0.25, 0.3) is 6.08 Å². The third-order valence-electron chi connectivity index (χ3n) is 1.44. The Kier molecular flexibility index (Phi) is 2.82. The molecular weight excluding hydrogens is 157 g/mol. The van der Waals surface area contributed by atoms with E-state index >= 15 is 0 Å². The lowest BCUT2D eigenvalue weighted by atomic mass is 10.2. The van der Waals surface area contributed by atoms with Crippen LogP contribution in [0.5, 0.6) is 0 Å². The van der Waals surface area contributed by atoms with Gasteiger partial charge in [-0.15, -0.1) is 0 Å². The summed E-state index contributed by atoms with van der Waals surface area (Å²) in [6.07, 6.45) is 3.16. The highest BCUT2D eigenvalue weighted by atomic mass is 19.1. The Bertz CT molecular complexity index is 297. The molecule has 3 heteroatoms. The smallest absolute Gasteiger partial charge is 0.146 e. The van der Waals surface area contributed by atoms with Crippen molar-refractivity contribution in [1.82, 2.24) is 0 Å². The molecule has 1 rings (SSSR count). The Morgan fingerprint density at radius 3 is 2.83 bits per heavy atom. The molecule has 0 unspecified atom stereocenters. The Morgan fingerprint density at radius 1 is 1.50 bits per heavy atom. The standard InChI is InChI=1S/C9H10FNO/c10-8-6-7(2-1-5-12)3-4-9(8)11/h1-4,6,12H,5,11H2. The molecule has 1 aromatic carbocycles. The molecule has 0 spiro atoms. The fraction of sp³-hybridized carbons (Fsp3) is 0.111. The van der Waals surface area contributed by atoms with Crippen molar-refractivity contribution in [2.24, 2.45) is 0 Å². The first-order valence-electron chi connectivity index (χ1n) is 3.56. The SMILES string of the molecule is Nc1ccc(C=CCO)cc1F. The Balaban J connectivity index is 2.89. The third-order valence-corrected chi connectivity index (χ3v) is 1.44. The molecule has 0 saturated carbocycles. The second kappa shape index (κ2) is 3.88. The first kappa shape index (κ1) is 8.74. The van der Waals surface area contributed by atoms with E-state index in [2.05, 4.69) is 0 Å². The van der Waals surface area contributed by atoms with Gasteiger partial charge in [0.05, 0.1) is 12.3 Å². The van der Waals surface area contributed by atoms with E-state index in [-0.39, 0.29) is 12.3 Å². The predicted molar refractivity (Wildman–Crippen MR) is 46.9 cm³/mol. The maximum atomic E-state index is 12.8. The zero-order valence-electron chi connectivity index (χ0n) is 6.50. The third kappa shape index (κ3) is 2.07. The summed E-state index contributed by atoms with van der Waals surface area (Å²) in [5.74, 6) is -0.435. The van der Waals surface area contributed by atoms with Gasteiger partial charge in [0.1, 0.15) is 5.82 Å². The quantitative estimate of drug-likeness (QED) is 0.654. The first-order chi connectivity index (χ1) is 5.74. The van der Waals surface area contributed by atoms with Crippen molar-refractivity contribution in [1.29, 1.82) is 0 Å². The van der Waals surface area contributed by atoms with Gasteiger partial charge >= 0.3 is 0 Å². The van der Waals surface area contributed by atoms with Crippen molar-refractivity contribution >= 4 is 11.8 Å². The fourth-order valence-electron chi connectivity index (χ4n) is 0.836. The lowest BCUT2D eigenvalue weighted by Crippen LogP contribution is -1.89. The number of halogens is 1. The number of nitrogens with two attached hydrogens (primary N) is 1. The molecule has 0 atom stereocenters. The van der Waals surface area contributed by atoms with Crippen molar-refractivity contribution < 1.29 is 9.50 Å². The van der Waals surface area contributed by atoms with Crippen LogP contribution in [0.2, 0.25) is 0 Å². The molecule has 0 aliphatic rings. The van der Waals surface area contributed by atoms with Gasteiger partial charge in [0.2, 0.25) is 0 Å². The van der Waals surface area contributed by atoms with E-state index in [0.717, 1.165) is 0 Å². The van der Waals surface area contributed by atoms with Crippen molar-refractivity contribution in [2.45, 2.75) is 0 Å². The minimum Gasteiger partial charge on any atom is -0.396 e. The number of anilines is 1. The van der Waals surface area contributed by atoms with Crippen LogP contribution in [0.3, 0.4) is 0 Å². The molecule has 0 bridgehead atoms. The summed E-state index contributed by atoms with van der Waals surface area (Å²) in [5.41, 5.74) is 6.09. The largest absolute Gasteiger partial charge is 0.396 e. The summed E-state index contributed by atoms with van der Waals surface area (Å²) in [7, 11) is 0. The molecule has 3 N–H and O–H groups in total. The summed E-state index contributed by atoms with van der Waals surface area (Å²) in [6.45, 7) is -0.0496. The Labute approximate surface area is 70.1 Å². The highest BCUT2D eigenvalue weighted by Crippen LogP contribution is 2.12. The number of rotatable bonds is 2. The lowest BCUT2D eigenvalue weighted by molar-refractivity contribution is 0.343. The highest BCUT2D eigenvalue weighted by molar-refractivity contribution is 5.54. The fourth-order valence-corrected chi connectivity index (χ4v) is 0.836. The topological polar surface area (TPSA) is 46.2 Å². The van der Waals surface area contributed by atoms with Gasteiger partial charge in [0.15, 0.2) is 0 Å². The summed E-state index contributed by atoms with van der Waals surface area (Å²) in [4.78, 5) is 0. The van der Waals surface area contributed by atoms with Crippen LogP contribution in [0.15, 0.2) is 24.3 Å². The highest BCUT2D eigenvalue weighted by Gasteiger charge is 1.96. The second-order valence-electron chi connectivity index (χ2n) is 2.37. The summed E-state index contributed by atoms with van der Waals surface area (Å²) < 4.78 is 12.8. The number of benzene rings is 1. The minimum atomic E-state index is -0.435. The maximum Gasteiger partial charge on any atom is 0.146 e. The van der Waals surface area contributed by atoms with Crippen LogP contribution >= 0.6 is 0 Å². The second-order valence-corrected chi connectivity index (χ2v) is 2.37. The average molecular weight is 167 g/mol. The van der Waals surface area contributed by atoms with E-state index in [1.165, 1.54) is 18.2 Å². The monoisotopic (exact) mass is 167 g/mol. The van der Waals surface area contributed by atoms with E-state index < -0.39 is 5.82 Å². The molecule has 0 saturated heterocycles. The van der Waals surface area contributed by atoms with Gasteiger partial charge in [-0.05, 0) is 17.7 Å². The Hall–Kier alpha value is -1.35. The van der Waals surface area contributed by atoms with Crippen LogP contribution < -0.4 is 5.73 Å². The van der Waals surface area contributed by atoms with Crippen LogP contribution in [-0.4, -0.2) is 11.7 Å². The van der Waals surface area contributed by atoms with E-state index in [9.17, 15) is 4.39 Å². The van der Waals surface area contributed by atoms with Crippen molar-refractivity contribution in [3.63, 3.8) is 0 Å². The molecule has 12 heavy (non-hydrogen) atoms. The van der Waals surface area contributed by atoms with Crippen molar-refractivity contribution in [2.75, 3.05) is 12.3 Å². The molecule has 0 aromatic heterocycles. The Morgan fingerprint density at radius 2 is 2.25 bits per heavy atom. The summed E-state index contributed by atoms with van der Waals surface area (Å²) >= 11 is 0. The molecule has 64 valence electrons. The van der Waals surface area contributed by atoms with Gasteiger partial charge in [-0.3, -0.25) is 0 Å². The van der Waals surface area contributed by atoms with Gasteiger partial charge in [0.25, 0.3) is 0 Å². The van der Waals surface area contributed by atoms with Crippen LogP contribution in [-0.2, 0) is 0 Å². The van der Waals surface area contributed by atoms with Gasteiger partial charge in [-0.25, -0.2) is 4.39 Å². The molecule has 0 heterocycles. The van der Waals surface area contributed by atoms with E-state index in [4.69, 9.17) is 10.8 Å². The normalized spacial score (nSPS) is 10.8. The summed E-state index contributed by atoms with van der Waals surface area (Å²) in [6, 6.07) is 4.50. The minimum absolute atomic E-state index is 0.0496. The number of aliphatic hydroxyl groups is 1. The molecule has 2 nitrogen and oxygen atoms in total. The first-order valence-corrected chi connectivity index (χ1v) is 3.56. The van der Waals surface area contributed by atoms with Gasteiger partial charge < -0.3 is 10.8 Å². The summed E-state index contributed by atoms with van der Waals surface area (Å²) in [5, 5.41) is 8.45. The molecule has 0 radical (unpaired) electrons. The van der Waals surface area contributed by atoms with Crippen molar-refractivity contribution in [3.8, 4) is 0 Å². The van der Waals surface area contributed by atoms with Crippen LogP contribution in [0, 0.1) is 5.82 Å². The van der Waals surface area contributed by atoms with E-state index in [1.807, 2.05) is 0 Å². The van der Waals surface area contributed by atoms with Gasteiger partial charge in [0, 0.05) is 0 Å². The lowest BCUT2D eigenvalue weighted by Gasteiger charge is -1.96. The van der Waals surface area contributed by atoms with E-state index in [0.29, 0.717) is 5.56 Å². The van der Waals surface area contributed by atoms with Crippen LogP contribution in [0.4, 0.5) is 10.1 Å². The molecule has 1 aromatic rings. The maximum absolute atomic E-state index is 12.8. The number of hydrogen-bond acceptors (Lipinski definition) is 2. The molecule has 0 aliphatic carbocycles. The average Bonchev–Trinajstić information content (AvgIpc) is 2.07. The zero-order chi connectivity index (χ0) is 8.97. The van der Waals surface area contributed by atoms with Gasteiger partial charge in [-0.1, -0.05) is 18.2 Å².